The summed E-state index contributed by atoms with van der Waals surface area (Å²) in [6, 6.07) is 17.2. The first-order valence-corrected chi connectivity index (χ1v) is 8.70. The molecule has 3 rings (SSSR count). The third kappa shape index (κ3) is 4.83. The zero-order valence-corrected chi connectivity index (χ0v) is 14.8. The minimum Gasteiger partial charge on any atom is -0.494 e. The van der Waals surface area contributed by atoms with Crippen LogP contribution in [0, 0.1) is 0 Å². The predicted octanol–water partition coefficient (Wildman–Crippen LogP) is 3.37. The van der Waals surface area contributed by atoms with Gasteiger partial charge < -0.3 is 13.9 Å². The van der Waals surface area contributed by atoms with Crippen LogP contribution in [0.2, 0.25) is 0 Å². The number of nitrogens with zero attached hydrogens (tertiary/aromatic N) is 2. The number of hydrogen-bond acceptors (Lipinski definition) is 5. The quantitative estimate of drug-likeness (QED) is 0.551. The van der Waals surface area contributed by atoms with Gasteiger partial charge >= 0.3 is 5.76 Å². The molecule has 0 radical (unpaired) electrons. The molecule has 1 heterocycles. The fourth-order valence-electron chi connectivity index (χ4n) is 2.52. The SMILES string of the molecule is CCOc1ccc(-n2nc(CCCOCc3ccccc3)oc2=O)cc1. The lowest BCUT2D eigenvalue weighted by atomic mass is 10.2. The molecule has 1 aromatic heterocycles. The molecule has 0 unspecified atom stereocenters. The third-order valence-electron chi connectivity index (χ3n) is 3.77. The lowest BCUT2D eigenvalue weighted by molar-refractivity contribution is 0.117. The van der Waals surface area contributed by atoms with Crippen molar-refractivity contribution in [3.63, 3.8) is 0 Å². The van der Waals surface area contributed by atoms with Gasteiger partial charge in [0.05, 0.1) is 18.9 Å². The first kappa shape index (κ1) is 17.9. The van der Waals surface area contributed by atoms with Gasteiger partial charge in [0, 0.05) is 13.0 Å². The molecular formula is C20H22N2O4. The summed E-state index contributed by atoms with van der Waals surface area (Å²) in [6.45, 7) is 3.67. The molecule has 0 spiro atoms. The number of hydrogen-bond donors (Lipinski definition) is 0. The summed E-state index contributed by atoms with van der Waals surface area (Å²) >= 11 is 0. The van der Waals surface area contributed by atoms with E-state index in [1.165, 1.54) is 4.68 Å². The summed E-state index contributed by atoms with van der Waals surface area (Å²) in [6.07, 6.45) is 1.28. The molecule has 0 saturated heterocycles. The zero-order valence-electron chi connectivity index (χ0n) is 14.8. The Labute approximate surface area is 152 Å². The lowest BCUT2D eigenvalue weighted by Crippen LogP contribution is -2.13. The molecule has 0 aliphatic rings. The molecule has 136 valence electrons. The van der Waals surface area contributed by atoms with Crippen molar-refractivity contribution in [2.45, 2.75) is 26.4 Å². The topological polar surface area (TPSA) is 66.5 Å². The zero-order chi connectivity index (χ0) is 18.2. The fraction of sp³-hybridized carbons (Fsp3) is 0.300. The third-order valence-corrected chi connectivity index (χ3v) is 3.77. The number of benzene rings is 2. The summed E-state index contributed by atoms with van der Waals surface area (Å²) in [5.41, 5.74) is 1.78. The van der Waals surface area contributed by atoms with Crippen LogP contribution in [0.4, 0.5) is 0 Å². The van der Waals surface area contributed by atoms with E-state index >= 15 is 0 Å². The van der Waals surface area contributed by atoms with Gasteiger partial charge in [0.1, 0.15) is 5.75 Å². The van der Waals surface area contributed by atoms with E-state index in [1.807, 2.05) is 37.3 Å². The van der Waals surface area contributed by atoms with E-state index in [1.54, 1.807) is 24.3 Å². The van der Waals surface area contributed by atoms with Crippen LogP contribution in [-0.2, 0) is 17.8 Å². The maximum atomic E-state index is 12.0. The Bertz CT molecular complexity index is 854. The Balaban J connectivity index is 1.50. The largest absolute Gasteiger partial charge is 0.494 e. The Morgan fingerprint density at radius 2 is 1.85 bits per heavy atom. The van der Waals surface area contributed by atoms with E-state index in [9.17, 15) is 4.79 Å². The molecule has 0 aliphatic heterocycles. The highest BCUT2D eigenvalue weighted by Gasteiger charge is 2.10. The molecule has 0 N–H and O–H groups in total. The van der Waals surface area contributed by atoms with Crippen molar-refractivity contribution in [1.82, 2.24) is 9.78 Å². The Morgan fingerprint density at radius 1 is 1.08 bits per heavy atom. The van der Waals surface area contributed by atoms with Crippen LogP contribution in [0.5, 0.6) is 5.75 Å². The van der Waals surface area contributed by atoms with Crippen LogP contribution in [-0.4, -0.2) is 23.0 Å². The van der Waals surface area contributed by atoms with E-state index in [0.717, 1.165) is 17.7 Å². The molecule has 6 heteroatoms. The van der Waals surface area contributed by atoms with Crippen LogP contribution in [0.25, 0.3) is 5.69 Å². The van der Waals surface area contributed by atoms with Crippen LogP contribution in [0.3, 0.4) is 0 Å². The van der Waals surface area contributed by atoms with Crippen molar-refractivity contribution < 1.29 is 13.9 Å². The molecule has 3 aromatic rings. The number of aromatic nitrogens is 2. The first-order chi connectivity index (χ1) is 12.8. The molecule has 2 aromatic carbocycles. The van der Waals surface area contributed by atoms with Gasteiger partial charge in [-0.3, -0.25) is 0 Å². The van der Waals surface area contributed by atoms with Gasteiger partial charge in [0.25, 0.3) is 0 Å². The average Bonchev–Trinajstić information content (AvgIpc) is 3.04. The summed E-state index contributed by atoms with van der Waals surface area (Å²) < 4.78 is 17.5. The molecule has 0 aliphatic carbocycles. The average molecular weight is 354 g/mol. The van der Waals surface area contributed by atoms with Gasteiger partial charge in [-0.05, 0) is 43.2 Å². The van der Waals surface area contributed by atoms with Crippen LogP contribution < -0.4 is 10.5 Å². The highest BCUT2D eigenvalue weighted by molar-refractivity contribution is 5.36. The highest BCUT2D eigenvalue weighted by atomic mass is 16.5. The minimum atomic E-state index is -0.491. The smallest absolute Gasteiger partial charge is 0.441 e. The second-order valence-corrected chi connectivity index (χ2v) is 5.74. The normalized spacial score (nSPS) is 10.8. The molecule has 0 bridgehead atoms. The lowest BCUT2D eigenvalue weighted by Gasteiger charge is -2.03. The van der Waals surface area contributed by atoms with Gasteiger partial charge in [0.2, 0.25) is 5.89 Å². The Morgan fingerprint density at radius 3 is 2.58 bits per heavy atom. The second-order valence-electron chi connectivity index (χ2n) is 5.74. The van der Waals surface area contributed by atoms with Crippen molar-refractivity contribution in [3.8, 4) is 11.4 Å². The molecule has 0 fully saturated rings. The number of rotatable bonds is 9. The summed E-state index contributed by atoms with van der Waals surface area (Å²) in [4.78, 5) is 12.0. The van der Waals surface area contributed by atoms with E-state index in [2.05, 4.69) is 5.10 Å². The van der Waals surface area contributed by atoms with E-state index in [-0.39, 0.29) is 0 Å². The van der Waals surface area contributed by atoms with Crippen molar-refractivity contribution in [2.75, 3.05) is 13.2 Å². The van der Waals surface area contributed by atoms with Crippen molar-refractivity contribution in [3.05, 3.63) is 76.6 Å². The van der Waals surface area contributed by atoms with E-state index in [4.69, 9.17) is 13.9 Å². The minimum absolute atomic E-state index is 0.409. The molecule has 0 amide bonds. The first-order valence-electron chi connectivity index (χ1n) is 8.70. The molecule has 6 nitrogen and oxygen atoms in total. The molecular weight excluding hydrogens is 332 g/mol. The van der Waals surface area contributed by atoms with Crippen LogP contribution in [0.15, 0.2) is 63.8 Å². The van der Waals surface area contributed by atoms with Crippen molar-refractivity contribution in [2.24, 2.45) is 0 Å². The fourth-order valence-corrected chi connectivity index (χ4v) is 2.52. The van der Waals surface area contributed by atoms with Crippen LogP contribution >= 0.6 is 0 Å². The summed E-state index contributed by atoms with van der Waals surface area (Å²) in [5.74, 6) is 0.671. The standard InChI is InChI=1S/C20H22N2O4/c1-2-25-18-12-10-17(11-13-18)22-20(23)26-19(21-22)9-6-14-24-15-16-7-4-3-5-8-16/h3-5,7-8,10-13H,2,6,9,14-15H2,1H3. The van der Waals surface area contributed by atoms with E-state index in [0.29, 0.717) is 37.8 Å². The molecule has 0 saturated carbocycles. The van der Waals surface area contributed by atoms with Gasteiger partial charge in [-0.15, -0.1) is 5.10 Å². The van der Waals surface area contributed by atoms with Gasteiger partial charge in [-0.2, -0.15) is 4.68 Å². The Kier molecular flexibility index (Phi) is 6.22. The number of aryl methyl sites for hydroxylation is 1. The van der Waals surface area contributed by atoms with Gasteiger partial charge in [0.15, 0.2) is 0 Å². The van der Waals surface area contributed by atoms with Gasteiger partial charge in [-0.25, -0.2) is 4.79 Å². The summed E-state index contributed by atoms with van der Waals surface area (Å²) in [7, 11) is 0. The van der Waals surface area contributed by atoms with Crippen LogP contribution in [0.1, 0.15) is 24.8 Å². The highest BCUT2D eigenvalue weighted by Crippen LogP contribution is 2.14. The van der Waals surface area contributed by atoms with Crippen molar-refractivity contribution >= 4 is 0 Å². The molecule has 0 atom stereocenters. The van der Waals surface area contributed by atoms with Crippen molar-refractivity contribution in [1.29, 1.82) is 0 Å². The molecule has 26 heavy (non-hydrogen) atoms. The maximum Gasteiger partial charge on any atom is 0.441 e. The van der Waals surface area contributed by atoms with Gasteiger partial charge in [-0.1, -0.05) is 30.3 Å². The monoisotopic (exact) mass is 354 g/mol. The summed E-state index contributed by atoms with van der Waals surface area (Å²) in [5, 5.41) is 4.25. The van der Waals surface area contributed by atoms with E-state index < -0.39 is 5.76 Å². The second kappa shape index (κ2) is 9.01. The number of ether oxygens (including phenoxy) is 2. The predicted molar refractivity (Wildman–Crippen MR) is 97.7 cm³/mol. The Hall–Kier alpha value is -2.86. The maximum absolute atomic E-state index is 12.0.